The molecule has 0 unspecified atom stereocenters. The van der Waals surface area contributed by atoms with Crippen LogP contribution in [0.2, 0.25) is 0 Å². The predicted molar refractivity (Wildman–Crippen MR) is 128 cm³/mol. The van der Waals surface area contributed by atoms with Gasteiger partial charge in [0.05, 0.1) is 13.2 Å². The van der Waals surface area contributed by atoms with Gasteiger partial charge in [-0.25, -0.2) is 4.79 Å². The van der Waals surface area contributed by atoms with E-state index in [-0.39, 0.29) is 0 Å². The molecule has 7 atom stereocenters. The number of aliphatic hydroxyl groups is 1. The van der Waals surface area contributed by atoms with Gasteiger partial charge in [0.1, 0.15) is 30.2 Å². The summed E-state index contributed by atoms with van der Waals surface area (Å²) in [5, 5.41) is 11.6. The Kier molecular flexibility index (Phi) is 11.0. The van der Waals surface area contributed by atoms with Crippen LogP contribution in [0.1, 0.15) is 27.7 Å². The second-order valence-electron chi connectivity index (χ2n) is 8.31. The van der Waals surface area contributed by atoms with Crippen molar-refractivity contribution in [2.75, 3.05) is 13.7 Å². The van der Waals surface area contributed by atoms with Gasteiger partial charge >= 0.3 is 29.7 Å². The van der Waals surface area contributed by atoms with Gasteiger partial charge < -0.3 is 34.1 Å². The molecule has 1 aliphatic rings. The molecule has 1 heterocycles. The topological polar surface area (TPSA) is 164 Å². The van der Waals surface area contributed by atoms with E-state index in [1.54, 1.807) is 30.3 Å². The number of halogens is 1. The zero-order valence-electron chi connectivity index (χ0n) is 21.4. The molecule has 210 valence electrons. The summed E-state index contributed by atoms with van der Waals surface area (Å²) in [6, 6.07) is 6.78. The Hall–Kier alpha value is -3.23. The van der Waals surface area contributed by atoms with Gasteiger partial charge in [-0.1, -0.05) is 18.2 Å². The molecule has 12 nitrogen and oxygen atoms in total. The largest absolute Gasteiger partial charge is 0.465 e. The SMILES string of the molecule is COC(=O)[C@]1(F)O[C@@H]([C@H](OC(C)=O)[C@H](O)COC(C)=O)[C@H](NC(C)=O)[C@@H](OC(C)=O)[C@@H]1Sc1ccccc1. The van der Waals surface area contributed by atoms with Gasteiger partial charge in [-0.15, -0.1) is 11.8 Å². The van der Waals surface area contributed by atoms with Crippen LogP contribution in [-0.2, 0) is 47.7 Å². The second-order valence-corrected chi connectivity index (χ2v) is 9.53. The quantitative estimate of drug-likeness (QED) is 0.305. The number of ether oxygens (including phenoxy) is 5. The zero-order chi connectivity index (χ0) is 28.6. The van der Waals surface area contributed by atoms with E-state index in [0.29, 0.717) is 4.90 Å². The van der Waals surface area contributed by atoms with Crippen LogP contribution in [0.4, 0.5) is 4.39 Å². The highest BCUT2D eigenvalue weighted by Crippen LogP contribution is 2.45. The Labute approximate surface area is 222 Å². The van der Waals surface area contributed by atoms with Crippen LogP contribution in [0, 0.1) is 0 Å². The van der Waals surface area contributed by atoms with Gasteiger partial charge in [0.2, 0.25) is 5.91 Å². The molecule has 1 fully saturated rings. The number of esters is 4. The van der Waals surface area contributed by atoms with Gasteiger partial charge in [-0.2, -0.15) is 4.39 Å². The molecule has 0 aromatic heterocycles. The Balaban J connectivity index is 2.71. The molecule has 0 radical (unpaired) electrons. The van der Waals surface area contributed by atoms with E-state index in [1.807, 2.05) is 0 Å². The summed E-state index contributed by atoms with van der Waals surface area (Å²) in [5.74, 6) is -8.14. The van der Waals surface area contributed by atoms with Crippen molar-refractivity contribution in [1.82, 2.24) is 5.32 Å². The zero-order valence-corrected chi connectivity index (χ0v) is 22.2. The van der Waals surface area contributed by atoms with Crippen molar-refractivity contribution >= 4 is 41.5 Å². The van der Waals surface area contributed by atoms with Crippen LogP contribution >= 0.6 is 11.8 Å². The fraction of sp³-hybridized carbons (Fsp3) is 0.542. The fourth-order valence-corrected chi connectivity index (χ4v) is 5.14. The summed E-state index contributed by atoms with van der Waals surface area (Å²) in [5.41, 5.74) is 0. The Morgan fingerprint density at radius 1 is 1.08 bits per heavy atom. The van der Waals surface area contributed by atoms with E-state index in [2.05, 4.69) is 10.1 Å². The summed E-state index contributed by atoms with van der Waals surface area (Å²) in [6.45, 7) is 3.50. The highest BCUT2D eigenvalue weighted by Gasteiger charge is 2.65. The average Bonchev–Trinajstić information content (AvgIpc) is 2.84. The summed E-state index contributed by atoms with van der Waals surface area (Å²) < 4.78 is 42.4. The third kappa shape index (κ3) is 7.88. The third-order valence-corrected chi connectivity index (χ3v) is 6.65. The first-order valence-electron chi connectivity index (χ1n) is 11.4. The molecule has 1 aliphatic heterocycles. The molecule has 38 heavy (non-hydrogen) atoms. The number of aliphatic hydroxyl groups excluding tert-OH is 1. The number of nitrogens with one attached hydrogen (secondary N) is 1. The first-order valence-corrected chi connectivity index (χ1v) is 12.3. The standard InChI is InChI=1S/C24H30FNO11S/c1-12(27)26-18-20(19(35-14(3)29)17(31)11-34-13(2)28)37-24(25,23(32)33-5)22(21(18)36-15(4)30)38-16-9-7-6-8-10-16/h6-10,17-22,31H,11H2,1-5H3,(H,26,27)/t17-,18+,19-,20-,21-,22+,24-/m1/s1. The summed E-state index contributed by atoms with van der Waals surface area (Å²) in [4.78, 5) is 60.8. The highest BCUT2D eigenvalue weighted by molar-refractivity contribution is 8.00. The van der Waals surface area contributed by atoms with Crippen molar-refractivity contribution in [3.63, 3.8) is 0 Å². The van der Waals surface area contributed by atoms with Crippen LogP contribution in [0.25, 0.3) is 0 Å². The molecule has 1 aromatic carbocycles. The minimum absolute atomic E-state index is 0.454. The first kappa shape index (κ1) is 31.0. The van der Waals surface area contributed by atoms with Crippen molar-refractivity contribution in [3.8, 4) is 0 Å². The Morgan fingerprint density at radius 2 is 1.71 bits per heavy atom. The molecule has 14 heteroatoms. The Bertz CT molecular complexity index is 1030. The number of carbonyl (C=O) groups is 5. The van der Waals surface area contributed by atoms with Gasteiger partial charge in [-0.3, -0.25) is 19.2 Å². The number of hydrogen-bond donors (Lipinski definition) is 2. The van der Waals surface area contributed by atoms with Gasteiger partial charge in [-0.05, 0) is 12.1 Å². The van der Waals surface area contributed by atoms with Gasteiger partial charge in [0, 0.05) is 32.6 Å². The first-order chi connectivity index (χ1) is 17.8. The average molecular weight is 560 g/mol. The number of alkyl halides is 1. The van der Waals surface area contributed by atoms with Crippen LogP contribution < -0.4 is 5.32 Å². The molecule has 1 aromatic rings. The van der Waals surface area contributed by atoms with E-state index in [4.69, 9.17) is 18.9 Å². The highest BCUT2D eigenvalue weighted by atomic mass is 32.2. The number of benzene rings is 1. The van der Waals surface area contributed by atoms with E-state index >= 15 is 4.39 Å². The van der Waals surface area contributed by atoms with E-state index in [1.165, 1.54) is 0 Å². The molecule has 0 bridgehead atoms. The summed E-state index contributed by atoms with van der Waals surface area (Å²) in [7, 11) is 0.909. The van der Waals surface area contributed by atoms with Gasteiger partial charge in [0.15, 0.2) is 6.10 Å². The molecule has 2 rings (SSSR count). The van der Waals surface area contributed by atoms with E-state index < -0.39 is 78.0 Å². The van der Waals surface area contributed by atoms with E-state index in [0.717, 1.165) is 46.6 Å². The molecule has 0 aliphatic carbocycles. The second kappa shape index (κ2) is 13.5. The number of methoxy groups -OCH3 is 1. The normalized spacial score (nSPS) is 26.3. The molecular formula is C24H30FNO11S. The molecule has 2 N–H and O–H groups in total. The van der Waals surface area contributed by atoms with Crippen molar-refractivity contribution in [1.29, 1.82) is 0 Å². The maximum Gasteiger partial charge on any atom is 0.373 e. The predicted octanol–water partition coefficient (Wildman–Crippen LogP) is 0.677. The molecule has 0 saturated carbocycles. The maximum atomic E-state index is 16.7. The number of rotatable bonds is 10. The van der Waals surface area contributed by atoms with Crippen LogP contribution in [0.3, 0.4) is 0 Å². The van der Waals surface area contributed by atoms with Crippen LogP contribution in [0.5, 0.6) is 0 Å². The van der Waals surface area contributed by atoms with Crippen molar-refractivity contribution < 1.29 is 57.2 Å². The smallest absolute Gasteiger partial charge is 0.373 e. The number of amides is 1. The van der Waals surface area contributed by atoms with Crippen molar-refractivity contribution in [2.24, 2.45) is 0 Å². The van der Waals surface area contributed by atoms with Crippen LogP contribution in [-0.4, -0.2) is 90.2 Å². The molecular weight excluding hydrogens is 529 g/mol. The van der Waals surface area contributed by atoms with Crippen LogP contribution in [0.15, 0.2) is 35.2 Å². The third-order valence-electron chi connectivity index (χ3n) is 5.28. The number of thioether (sulfide) groups is 1. The number of carbonyl (C=O) groups excluding carboxylic acids is 5. The fourth-order valence-electron chi connectivity index (χ4n) is 3.87. The lowest BCUT2D eigenvalue weighted by atomic mass is 9.88. The maximum absolute atomic E-state index is 16.7. The lowest BCUT2D eigenvalue weighted by Gasteiger charge is -2.49. The molecule has 1 saturated heterocycles. The lowest BCUT2D eigenvalue weighted by molar-refractivity contribution is -0.270. The minimum Gasteiger partial charge on any atom is -0.465 e. The minimum atomic E-state index is -3.34. The van der Waals surface area contributed by atoms with Crippen molar-refractivity contribution in [3.05, 3.63) is 30.3 Å². The monoisotopic (exact) mass is 559 g/mol. The number of hydrogen-bond acceptors (Lipinski definition) is 12. The molecule has 0 spiro atoms. The molecule has 1 amide bonds. The lowest BCUT2D eigenvalue weighted by Crippen LogP contribution is -2.72. The van der Waals surface area contributed by atoms with Crippen molar-refractivity contribution in [2.45, 2.75) is 74.2 Å². The summed E-state index contributed by atoms with van der Waals surface area (Å²) >= 11 is 0.777. The Morgan fingerprint density at radius 3 is 2.21 bits per heavy atom. The van der Waals surface area contributed by atoms with E-state index in [9.17, 15) is 29.1 Å². The summed E-state index contributed by atoms with van der Waals surface area (Å²) in [6.07, 6.45) is -7.04. The van der Waals surface area contributed by atoms with Gasteiger partial charge in [0.25, 0.3) is 0 Å².